The molecule has 0 aromatic heterocycles. The maximum absolute atomic E-state index is 13.1. The number of anilines is 2. The SMILES string of the molecule is C[C@H](C(=O)Nc1ccccc1C(F)(F)F)N(c1ccccc1)S(C)(=O)=O. The van der Waals surface area contributed by atoms with Gasteiger partial charge in [0.1, 0.15) is 6.04 Å². The van der Waals surface area contributed by atoms with Gasteiger partial charge in [-0.05, 0) is 31.2 Å². The fourth-order valence-electron chi connectivity index (χ4n) is 2.46. The van der Waals surface area contributed by atoms with E-state index >= 15 is 0 Å². The van der Waals surface area contributed by atoms with Gasteiger partial charge >= 0.3 is 6.18 Å². The van der Waals surface area contributed by atoms with Crippen LogP contribution in [0.1, 0.15) is 12.5 Å². The molecule has 0 aliphatic rings. The van der Waals surface area contributed by atoms with Gasteiger partial charge in [-0.15, -0.1) is 0 Å². The van der Waals surface area contributed by atoms with E-state index in [1.165, 1.54) is 31.2 Å². The summed E-state index contributed by atoms with van der Waals surface area (Å²) in [5.41, 5.74) is -1.20. The van der Waals surface area contributed by atoms with Gasteiger partial charge in [0.15, 0.2) is 0 Å². The van der Waals surface area contributed by atoms with Crippen LogP contribution in [0.25, 0.3) is 0 Å². The van der Waals surface area contributed by atoms with E-state index in [9.17, 15) is 26.4 Å². The lowest BCUT2D eigenvalue weighted by Crippen LogP contribution is -2.45. The molecule has 1 atom stereocenters. The average molecular weight is 386 g/mol. The first-order valence-electron chi connectivity index (χ1n) is 7.53. The summed E-state index contributed by atoms with van der Waals surface area (Å²) in [5.74, 6) is -0.879. The summed E-state index contributed by atoms with van der Waals surface area (Å²) in [6.45, 7) is 1.31. The molecule has 140 valence electrons. The molecular formula is C17H17F3N2O3S. The van der Waals surface area contributed by atoms with Crippen molar-refractivity contribution in [3.8, 4) is 0 Å². The minimum atomic E-state index is -4.65. The van der Waals surface area contributed by atoms with E-state index in [0.29, 0.717) is 0 Å². The molecule has 2 aromatic carbocycles. The number of rotatable bonds is 5. The van der Waals surface area contributed by atoms with Crippen molar-refractivity contribution in [1.29, 1.82) is 0 Å². The van der Waals surface area contributed by atoms with E-state index in [1.807, 2.05) is 0 Å². The largest absolute Gasteiger partial charge is 0.418 e. The highest BCUT2D eigenvalue weighted by molar-refractivity contribution is 7.92. The Hall–Kier alpha value is -2.55. The minimum Gasteiger partial charge on any atom is -0.324 e. The van der Waals surface area contributed by atoms with Crippen LogP contribution in [-0.2, 0) is 21.0 Å². The van der Waals surface area contributed by atoms with Crippen LogP contribution in [-0.4, -0.2) is 26.6 Å². The lowest BCUT2D eigenvalue weighted by Gasteiger charge is -2.28. The Kier molecular flexibility index (Phi) is 5.60. The van der Waals surface area contributed by atoms with Crippen molar-refractivity contribution in [2.24, 2.45) is 0 Å². The van der Waals surface area contributed by atoms with Crippen molar-refractivity contribution in [1.82, 2.24) is 0 Å². The molecule has 0 aliphatic carbocycles. The summed E-state index contributed by atoms with van der Waals surface area (Å²) in [6, 6.07) is 11.1. The van der Waals surface area contributed by atoms with Crippen molar-refractivity contribution in [3.05, 3.63) is 60.2 Å². The second-order valence-corrected chi connectivity index (χ2v) is 7.46. The third-order valence-corrected chi connectivity index (χ3v) is 4.83. The molecule has 0 heterocycles. The monoisotopic (exact) mass is 386 g/mol. The first-order valence-corrected chi connectivity index (χ1v) is 9.38. The molecular weight excluding hydrogens is 369 g/mol. The van der Waals surface area contributed by atoms with Crippen LogP contribution in [0, 0.1) is 0 Å². The molecule has 0 bridgehead atoms. The normalized spacial score (nSPS) is 13.1. The molecule has 5 nitrogen and oxygen atoms in total. The van der Waals surface area contributed by atoms with E-state index in [1.54, 1.807) is 18.2 Å². The zero-order chi connectivity index (χ0) is 19.5. The molecule has 0 unspecified atom stereocenters. The maximum atomic E-state index is 13.1. The van der Waals surface area contributed by atoms with Gasteiger partial charge in [0, 0.05) is 0 Å². The standard InChI is InChI=1S/C17H17F3N2O3S/c1-12(22(26(2,24)25)13-8-4-3-5-9-13)16(23)21-15-11-7-6-10-14(15)17(18,19)20/h3-12H,1-2H3,(H,21,23)/t12-/m1/s1. The Balaban J connectivity index is 2.34. The third-order valence-electron chi connectivity index (χ3n) is 3.59. The zero-order valence-electron chi connectivity index (χ0n) is 14.0. The number of nitrogens with one attached hydrogen (secondary N) is 1. The van der Waals surface area contributed by atoms with Crippen molar-refractivity contribution >= 4 is 27.3 Å². The molecule has 1 amide bonds. The molecule has 0 saturated heterocycles. The lowest BCUT2D eigenvalue weighted by atomic mass is 10.1. The number of sulfonamides is 1. The summed E-state index contributed by atoms with van der Waals surface area (Å²) in [7, 11) is -3.84. The molecule has 0 radical (unpaired) electrons. The van der Waals surface area contributed by atoms with Crippen molar-refractivity contribution in [3.63, 3.8) is 0 Å². The number of halogens is 3. The maximum Gasteiger partial charge on any atom is 0.418 e. The highest BCUT2D eigenvalue weighted by Crippen LogP contribution is 2.34. The number of hydrogen-bond donors (Lipinski definition) is 1. The van der Waals surface area contributed by atoms with Crippen molar-refractivity contribution < 1.29 is 26.4 Å². The molecule has 0 spiro atoms. The molecule has 0 aliphatic heterocycles. The highest BCUT2D eigenvalue weighted by atomic mass is 32.2. The summed E-state index contributed by atoms with van der Waals surface area (Å²) < 4.78 is 64.3. The number of para-hydroxylation sites is 2. The van der Waals surface area contributed by atoms with Crippen LogP contribution in [0.5, 0.6) is 0 Å². The third kappa shape index (κ3) is 4.54. The molecule has 0 fully saturated rings. The average Bonchev–Trinajstić information content (AvgIpc) is 2.54. The van der Waals surface area contributed by atoms with Crippen molar-refractivity contribution in [2.75, 3.05) is 15.9 Å². The quantitative estimate of drug-likeness (QED) is 0.855. The molecule has 2 aromatic rings. The number of amides is 1. The second kappa shape index (κ2) is 7.36. The number of carbonyl (C=O) groups excluding carboxylic acids is 1. The second-order valence-electron chi connectivity index (χ2n) is 5.60. The van der Waals surface area contributed by atoms with E-state index in [0.717, 1.165) is 22.7 Å². The summed E-state index contributed by atoms with van der Waals surface area (Å²) in [4.78, 5) is 12.5. The highest BCUT2D eigenvalue weighted by Gasteiger charge is 2.35. The van der Waals surface area contributed by atoms with Gasteiger partial charge in [-0.3, -0.25) is 9.10 Å². The van der Waals surface area contributed by atoms with Crippen LogP contribution in [0.4, 0.5) is 24.5 Å². The van der Waals surface area contributed by atoms with Crippen molar-refractivity contribution in [2.45, 2.75) is 19.1 Å². The Morgan fingerprint density at radius 3 is 2.12 bits per heavy atom. The zero-order valence-corrected chi connectivity index (χ0v) is 14.8. The first kappa shape index (κ1) is 19.8. The number of hydrogen-bond acceptors (Lipinski definition) is 3. The topological polar surface area (TPSA) is 66.5 Å². The van der Waals surface area contributed by atoms with E-state index in [4.69, 9.17) is 0 Å². The molecule has 0 saturated carbocycles. The Labute approximate surface area is 149 Å². The van der Waals surface area contributed by atoms with E-state index < -0.39 is 39.4 Å². The molecule has 26 heavy (non-hydrogen) atoms. The van der Waals surface area contributed by atoms with Gasteiger partial charge in [0.05, 0.1) is 23.2 Å². The van der Waals surface area contributed by atoms with Gasteiger partial charge in [-0.1, -0.05) is 30.3 Å². The predicted octanol–water partition coefficient (Wildman–Crippen LogP) is 3.50. The van der Waals surface area contributed by atoms with Gasteiger partial charge in [-0.25, -0.2) is 8.42 Å². The van der Waals surface area contributed by atoms with Gasteiger partial charge in [-0.2, -0.15) is 13.2 Å². The number of nitrogens with zero attached hydrogens (tertiary/aromatic N) is 1. The Morgan fingerprint density at radius 1 is 1.04 bits per heavy atom. The Morgan fingerprint density at radius 2 is 1.58 bits per heavy atom. The van der Waals surface area contributed by atoms with Gasteiger partial charge < -0.3 is 5.32 Å². The van der Waals surface area contributed by atoms with E-state index in [2.05, 4.69) is 5.32 Å². The Bertz CT molecular complexity index is 884. The molecule has 9 heteroatoms. The molecule has 1 N–H and O–H groups in total. The predicted molar refractivity (Wildman–Crippen MR) is 93.3 cm³/mol. The van der Waals surface area contributed by atoms with Crippen LogP contribution >= 0.6 is 0 Å². The number of alkyl halides is 3. The van der Waals surface area contributed by atoms with Crippen LogP contribution in [0.3, 0.4) is 0 Å². The lowest BCUT2D eigenvalue weighted by molar-refractivity contribution is -0.137. The van der Waals surface area contributed by atoms with Crippen LogP contribution in [0.15, 0.2) is 54.6 Å². The summed E-state index contributed by atoms with van der Waals surface area (Å²) in [5, 5.41) is 2.17. The van der Waals surface area contributed by atoms with E-state index in [-0.39, 0.29) is 5.69 Å². The van der Waals surface area contributed by atoms with Gasteiger partial charge in [0.2, 0.25) is 15.9 Å². The minimum absolute atomic E-state index is 0.238. The fourth-order valence-corrected chi connectivity index (χ4v) is 3.64. The summed E-state index contributed by atoms with van der Waals surface area (Å²) >= 11 is 0. The summed E-state index contributed by atoms with van der Waals surface area (Å²) in [6.07, 6.45) is -3.73. The molecule has 2 rings (SSSR count). The van der Waals surface area contributed by atoms with Gasteiger partial charge in [0.25, 0.3) is 0 Å². The smallest absolute Gasteiger partial charge is 0.324 e. The number of benzene rings is 2. The fraction of sp³-hybridized carbons (Fsp3) is 0.235. The van der Waals surface area contributed by atoms with Crippen LogP contribution in [0.2, 0.25) is 0 Å². The number of carbonyl (C=O) groups is 1. The first-order chi connectivity index (χ1) is 12.0. The van der Waals surface area contributed by atoms with Crippen LogP contribution < -0.4 is 9.62 Å².